The molecule has 0 atom stereocenters. The van der Waals surface area contributed by atoms with Crippen LogP contribution in [0.1, 0.15) is 51.0 Å². The summed E-state index contributed by atoms with van der Waals surface area (Å²) in [5, 5.41) is 4.15. The summed E-state index contributed by atoms with van der Waals surface area (Å²) in [4.78, 5) is 6.80. The Kier molecular flexibility index (Phi) is 6.78. The van der Waals surface area contributed by atoms with Gasteiger partial charge in [0.25, 0.3) is 0 Å². The highest BCUT2D eigenvalue weighted by Crippen LogP contribution is 2.28. The molecule has 2 rings (SSSR count). The zero-order valence-electron chi connectivity index (χ0n) is 13.4. The molecule has 0 aliphatic heterocycles. The van der Waals surface area contributed by atoms with Crippen molar-refractivity contribution in [1.82, 2.24) is 10.3 Å². The Morgan fingerprint density at radius 1 is 1.33 bits per heavy atom. The van der Waals surface area contributed by atoms with Crippen molar-refractivity contribution in [1.29, 1.82) is 0 Å². The van der Waals surface area contributed by atoms with Gasteiger partial charge >= 0.3 is 0 Å². The molecule has 1 aliphatic carbocycles. The summed E-state index contributed by atoms with van der Waals surface area (Å²) in [6.07, 6.45) is 9.94. The summed E-state index contributed by atoms with van der Waals surface area (Å²) in [6, 6.07) is 2.05. The Balaban J connectivity index is 1.92. The number of hydrogen-bond donors (Lipinski definition) is 1. The molecule has 3 nitrogen and oxygen atoms in total. The second kappa shape index (κ2) is 8.60. The molecule has 1 fully saturated rings. The minimum Gasteiger partial charge on any atom is -0.358 e. The van der Waals surface area contributed by atoms with Gasteiger partial charge in [0.05, 0.1) is 5.02 Å². The summed E-state index contributed by atoms with van der Waals surface area (Å²) >= 11 is 6.42. The van der Waals surface area contributed by atoms with Crippen LogP contribution in [0.4, 0.5) is 5.82 Å². The van der Waals surface area contributed by atoms with Gasteiger partial charge in [0.1, 0.15) is 5.82 Å². The second-order valence-corrected chi connectivity index (χ2v) is 6.62. The van der Waals surface area contributed by atoms with Gasteiger partial charge in [0, 0.05) is 26.3 Å². The van der Waals surface area contributed by atoms with E-state index in [1.54, 1.807) is 0 Å². The Hall–Kier alpha value is -0.800. The molecule has 1 saturated carbocycles. The van der Waals surface area contributed by atoms with Crippen molar-refractivity contribution in [2.45, 2.75) is 52.0 Å². The van der Waals surface area contributed by atoms with E-state index in [-0.39, 0.29) is 0 Å². The monoisotopic (exact) mass is 309 g/mol. The highest BCUT2D eigenvalue weighted by atomic mass is 35.5. The first kappa shape index (κ1) is 16.6. The van der Waals surface area contributed by atoms with Crippen molar-refractivity contribution in [2.75, 3.05) is 25.0 Å². The van der Waals surface area contributed by atoms with E-state index < -0.39 is 0 Å². The first-order chi connectivity index (χ1) is 10.2. The number of anilines is 1. The van der Waals surface area contributed by atoms with Crippen LogP contribution < -0.4 is 10.2 Å². The highest BCUT2D eigenvalue weighted by molar-refractivity contribution is 6.33. The van der Waals surface area contributed by atoms with Crippen molar-refractivity contribution < 1.29 is 0 Å². The second-order valence-electron chi connectivity index (χ2n) is 6.21. The highest BCUT2D eigenvalue weighted by Gasteiger charge is 2.17. The minimum absolute atomic E-state index is 0.768. The third kappa shape index (κ3) is 5.15. The molecule has 0 bridgehead atoms. The Bertz CT molecular complexity index is 430. The largest absolute Gasteiger partial charge is 0.358 e. The van der Waals surface area contributed by atoms with Gasteiger partial charge in [0.15, 0.2) is 0 Å². The van der Waals surface area contributed by atoms with Crippen LogP contribution in [0.2, 0.25) is 5.02 Å². The molecule has 0 amide bonds. The van der Waals surface area contributed by atoms with Gasteiger partial charge in [-0.2, -0.15) is 0 Å². The maximum Gasteiger partial charge on any atom is 0.147 e. The molecule has 1 N–H and O–H groups in total. The van der Waals surface area contributed by atoms with Crippen LogP contribution in [0.5, 0.6) is 0 Å². The van der Waals surface area contributed by atoms with E-state index >= 15 is 0 Å². The van der Waals surface area contributed by atoms with Crippen LogP contribution in [-0.2, 0) is 6.54 Å². The molecule has 0 saturated heterocycles. The molecule has 1 aromatic rings. The smallest absolute Gasteiger partial charge is 0.147 e. The molecule has 21 heavy (non-hydrogen) atoms. The maximum atomic E-state index is 6.42. The third-order valence-electron chi connectivity index (χ3n) is 4.25. The van der Waals surface area contributed by atoms with E-state index in [0.717, 1.165) is 48.4 Å². The Morgan fingerprint density at radius 3 is 2.76 bits per heavy atom. The van der Waals surface area contributed by atoms with E-state index in [9.17, 15) is 0 Å². The van der Waals surface area contributed by atoms with Crippen molar-refractivity contribution >= 4 is 17.4 Å². The average Bonchev–Trinajstić information content (AvgIpc) is 2.48. The SMILES string of the molecule is CCCNCc1cnc(N(C)CC2CCCCC2)c(Cl)c1. The van der Waals surface area contributed by atoms with Gasteiger partial charge in [-0.1, -0.05) is 37.8 Å². The van der Waals surface area contributed by atoms with Crippen LogP contribution in [0.25, 0.3) is 0 Å². The number of aromatic nitrogens is 1. The molecular formula is C17H28ClN3. The molecule has 1 heterocycles. The number of nitrogens with one attached hydrogen (secondary N) is 1. The first-order valence-corrected chi connectivity index (χ1v) is 8.64. The van der Waals surface area contributed by atoms with Crippen molar-refractivity contribution in [2.24, 2.45) is 5.92 Å². The van der Waals surface area contributed by atoms with Crippen molar-refractivity contribution in [3.8, 4) is 0 Å². The van der Waals surface area contributed by atoms with E-state index in [1.807, 2.05) is 12.3 Å². The quantitative estimate of drug-likeness (QED) is 0.763. The van der Waals surface area contributed by atoms with Crippen LogP contribution in [0.3, 0.4) is 0 Å². The molecule has 118 valence electrons. The number of halogens is 1. The predicted molar refractivity (Wildman–Crippen MR) is 91.1 cm³/mol. The summed E-state index contributed by atoms with van der Waals surface area (Å²) in [5.41, 5.74) is 1.16. The lowest BCUT2D eigenvalue weighted by atomic mass is 9.89. The zero-order chi connectivity index (χ0) is 15.1. The number of pyridine rings is 1. The fraction of sp³-hybridized carbons (Fsp3) is 0.706. The lowest BCUT2D eigenvalue weighted by molar-refractivity contribution is 0.361. The normalized spacial score (nSPS) is 16.1. The predicted octanol–water partition coefficient (Wildman–Crippen LogP) is 4.25. The van der Waals surface area contributed by atoms with Gasteiger partial charge in [-0.3, -0.25) is 0 Å². The van der Waals surface area contributed by atoms with Crippen molar-refractivity contribution in [3.05, 3.63) is 22.8 Å². The number of nitrogens with zero attached hydrogens (tertiary/aromatic N) is 2. The van der Waals surface area contributed by atoms with Crippen LogP contribution >= 0.6 is 11.6 Å². The summed E-state index contributed by atoms with van der Waals surface area (Å²) < 4.78 is 0. The summed E-state index contributed by atoms with van der Waals surface area (Å²) in [5.74, 6) is 1.72. The number of hydrogen-bond acceptors (Lipinski definition) is 3. The lowest BCUT2D eigenvalue weighted by Crippen LogP contribution is -2.27. The zero-order valence-corrected chi connectivity index (χ0v) is 14.1. The summed E-state index contributed by atoms with van der Waals surface area (Å²) in [6.45, 7) is 5.11. The molecular weight excluding hydrogens is 282 g/mol. The van der Waals surface area contributed by atoms with E-state index in [1.165, 1.54) is 32.1 Å². The van der Waals surface area contributed by atoms with E-state index in [2.05, 4.69) is 29.2 Å². The fourth-order valence-corrected chi connectivity index (χ4v) is 3.43. The lowest BCUT2D eigenvalue weighted by Gasteiger charge is -2.28. The van der Waals surface area contributed by atoms with Crippen LogP contribution in [0, 0.1) is 5.92 Å². The molecule has 1 aliphatic rings. The van der Waals surface area contributed by atoms with E-state index in [0.29, 0.717) is 0 Å². The third-order valence-corrected chi connectivity index (χ3v) is 4.53. The molecule has 0 unspecified atom stereocenters. The molecule has 0 radical (unpaired) electrons. The van der Waals surface area contributed by atoms with Gasteiger partial charge < -0.3 is 10.2 Å². The average molecular weight is 310 g/mol. The van der Waals surface area contributed by atoms with Crippen molar-refractivity contribution in [3.63, 3.8) is 0 Å². The van der Waals surface area contributed by atoms with Gasteiger partial charge in [-0.05, 0) is 43.4 Å². The standard InChI is InChI=1S/C17H28ClN3/c1-3-9-19-11-15-10-16(18)17(20-12-15)21(2)13-14-7-5-4-6-8-14/h10,12,14,19H,3-9,11,13H2,1-2H3. The van der Waals surface area contributed by atoms with E-state index in [4.69, 9.17) is 11.6 Å². The van der Waals surface area contributed by atoms with Crippen LogP contribution in [-0.4, -0.2) is 25.1 Å². The van der Waals surface area contributed by atoms with Crippen LogP contribution in [0.15, 0.2) is 12.3 Å². The Labute approximate surface area is 134 Å². The molecule has 4 heteroatoms. The molecule has 0 aromatic carbocycles. The number of rotatable bonds is 7. The fourth-order valence-electron chi connectivity index (χ4n) is 3.10. The molecule has 1 aromatic heterocycles. The van der Waals surface area contributed by atoms with Gasteiger partial charge in [-0.25, -0.2) is 4.98 Å². The Morgan fingerprint density at radius 2 is 2.10 bits per heavy atom. The maximum absolute atomic E-state index is 6.42. The van der Waals surface area contributed by atoms with Gasteiger partial charge in [0.2, 0.25) is 0 Å². The first-order valence-electron chi connectivity index (χ1n) is 8.27. The topological polar surface area (TPSA) is 28.2 Å². The molecule has 0 spiro atoms. The van der Waals surface area contributed by atoms with Gasteiger partial charge in [-0.15, -0.1) is 0 Å². The minimum atomic E-state index is 0.768. The summed E-state index contributed by atoms with van der Waals surface area (Å²) in [7, 11) is 2.11.